The molecule has 2 heterocycles. The van der Waals surface area contributed by atoms with Gasteiger partial charge in [-0.2, -0.15) is 0 Å². The van der Waals surface area contributed by atoms with Gasteiger partial charge in [0.25, 0.3) is 0 Å². The standard InChI is InChI=1S/C12H21N3S/c1-10(2)12-7-15(6-4-13-12)5-3-11-8-16-9-14-11/h8-10,12-13H,3-7H2,1-2H3. The van der Waals surface area contributed by atoms with Crippen LogP contribution < -0.4 is 5.32 Å². The Labute approximate surface area is 102 Å². The fraction of sp³-hybridized carbons (Fsp3) is 0.750. The predicted octanol–water partition coefficient (Wildman–Crippen LogP) is 1.62. The lowest BCUT2D eigenvalue weighted by Gasteiger charge is -2.35. The van der Waals surface area contributed by atoms with Crippen LogP contribution in [0.5, 0.6) is 0 Å². The van der Waals surface area contributed by atoms with E-state index in [0.29, 0.717) is 6.04 Å². The van der Waals surface area contributed by atoms with Crippen molar-refractivity contribution in [3.05, 3.63) is 16.6 Å². The van der Waals surface area contributed by atoms with Crippen LogP contribution in [0.2, 0.25) is 0 Å². The lowest BCUT2D eigenvalue weighted by molar-refractivity contribution is 0.176. The van der Waals surface area contributed by atoms with E-state index in [-0.39, 0.29) is 0 Å². The highest BCUT2D eigenvalue weighted by molar-refractivity contribution is 7.07. The fourth-order valence-electron chi connectivity index (χ4n) is 2.13. The summed E-state index contributed by atoms with van der Waals surface area (Å²) in [4.78, 5) is 6.89. The maximum atomic E-state index is 4.33. The predicted molar refractivity (Wildman–Crippen MR) is 68.9 cm³/mol. The molecular weight excluding hydrogens is 218 g/mol. The monoisotopic (exact) mass is 239 g/mol. The SMILES string of the molecule is CC(C)C1CN(CCc2cscn2)CCN1. The number of aromatic nitrogens is 1. The van der Waals surface area contributed by atoms with E-state index in [4.69, 9.17) is 0 Å². The Hall–Kier alpha value is -0.450. The minimum atomic E-state index is 0.657. The Bertz CT molecular complexity index is 297. The zero-order valence-electron chi connectivity index (χ0n) is 10.1. The van der Waals surface area contributed by atoms with Crippen LogP contribution >= 0.6 is 11.3 Å². The molecule has 0 bridgehead atoms. The van der Waals surface area contributed by atoms with E-state index in [1.165, 1.54) is 18.8 Å². The van der Waals surface area contributed by atoms with Gasteiger partial charge in [-0.15, -0.1) is 11.3 Å². The highest BCUT2D eigenvalue weighted by atomic mass is 32.1. The van der Waals surface area contributed by atoms with Crippen LogP contribution in [0.25, 0.3) is 0 Å². The highest BCUT2D eigenvalue weighted by Crippen LogP contribution is 2.09. The summed E-state index contributed by atoms with van der Waals surface area (Å²) in [6, 6.07) is 0.657. The van der Waals surface area contributed by atoms with Gasteiger partial charge in [-0.25, -0.2) is 4.98 Å². The molecule has 0 saturated carbocycles. The van der Waals surface area contributed by atoms with Crippen LogP contribution in [0.1, 0.15) is 19.5 Å². The molecule has 90 valence electrons. The summed E-state index contributed by atoms with van der Waals surface area (Å²) in [5.41, 5.74) is 3.16. The first-order chi connectivity index (χ1) is 7.75. The zero-order chi connectivity index (χ0) is 11.4. The molecule has 0 aliphatic carbocycles. The Morgan fingerprint density at radius 1 is 1.62 bits per heavy atom. The van der Waals surface area contributed by atoms with Crippen LogP contribution in [0.4, 0.5) is 0 Å². The topological polar surface area (TPSA) is 28.2 Å². The van der Waals surface area contributed by atoms with Gasteiger partial charge in [-0.05, 0) is 5.92 Å². The van der Waals surface area contributed by atoms with Crippen molar-refractivity contribution in [2.45, 2.75) is 26.3 Å². The van der Waals surface area contributed by atoms with Crippen molar-refractivity contribution >= 4 is 11.3 Å². The van der Waals surface area contributed by atoms with Gasteiger partial charge < -0.3 is 10.2 Å². The average Bonchev–Trinajstić information content (AvgIpc) is 2.79. The smallest absolute Gasteiger partial charge is 0.0794 e. The van der Waals surface area contributed by atoms with Gasteiger partial charge in [0, 0.05) is 44.0 Å². The number of nitrogens with zero attached hydrogens (tertiary/aromatic N) is 2. The van der Waals surface area contributed by atoms with Gasteiger partial charge in [0.05, 0.1) is 11.2 Å². The molecule has 1 atom stereocenters. The molecule has 1 fully saturated rings. The minimum Gasteiger partial charge on any atom is -0.311 e. The Morgan fingerprint density at radius 3 is 3.19 bits per heavy atom. The highest BCUT2D eigenvalue weighted by Gasteiger charge is 2.21. The van der Waals surface area contributed by atoms with Crippen molar-refractivity contribution in [1.82, 2.24) is 15.2 Å². The quantitative estimate of drug-likeness (QED) is 0.865. The minimum absolute atomic E-state index is 0.657. The molecule has 1 aliphatic heterocycles. The summed E-state index contributed by atoms with van der Waals surface area (Å²) in [5, 5.41) is 5.74. The van der Waals surface area contributed by atoms with Gasteiger partial charge >= 0.3 is 0 Å². The molecule has 1 unspecified atom stereocenters. The molecule has 1 N–H and O–H groups in total. The van der Waals surface area contributed by atoms with Gasteiger partial charge in [0.15, 0.2) is 0 Å². The van der Waals surface area contributed by atoms with Gasteiger partial charge in [0.1, 0.15) is 0 Å². The van der Waals surface area contributed by atoms with Crippen molar-refractivity contribution in [2.24, 2.45) is 5.92 Å². The summed E-state index contributed by atoms with van der Waals surface area (Å²) in [7, 11) is 0. The first-order valence-corrected chi connectivity index (χ1v) is 7.03. The molecule has 1 aliphatic rings. The first kappa shape index (κ1) is 12.0. The van der Waals surface area contributed by atoms with E-state index in [1.54, 1.807) is 11.3 Å². The lowest BCUT2D eigenvalue weighted by Crippen LogP contribution is -2.53. The number of piperazine rings is 1. The second-order valence-corrected chi connectivity index (χ2v) is 5.55. The molecule has 2 rings (SSSR count). The number of thiazole rings is 1. The second kappa shape index (κ2) is 5.75. The summed E-state index contributed by atoms with van der Waals surface area (Å²) in [6.45, 7) is 9.22. The van der Waals surface area contributed by atoms with E-state index in [2.05, 4.69) is 34.4 Å². The molecule has 4 heteroatoms. The van der Waals surface area contributed by atoms with Crippen LogP contribution in [-0.2, 0) is 6.42 Å². The average molecular weight is 239 g/mol. The fourth-order valence-corrected chi connectivity index (χ4v) is 2.72. The molecule has 1 aromatic rings. The van der Waals surface area contributed by atoms with Crippen molar-refractivity contribution in [3.8, 4) is 0 Å². The summed E-state index contributed by atoms with van der Waals surface area (Å²) in [6.07, 6.45) is 1.09. The molecule has 1 aromatic heterocycles. The third kappa shape index (κ3) is 3.27. The number of hydrogen-bond donors (Lipinski definition) is 1. The van der Waals surface area contributed by atoms with Crippen LogP contribution in [0.3, 0.4) is 0 Å². The number of rotatable bonds is 4. The van der Waals surface area contributed by atoms with Crippen LogP contribution in [0.15, 0.2) is 10.9 Å². The Balaban J connectivity index is 1.77. The molecule has 1 saturated heterocycles. The molecule has 0 radical (unpaired) electrons. The van der Waals surface area contributed by atoms with Gasteiger partial charge in [-0.1, -0.05) is 13.8 Å². The first-order valence-electron chi connectivity index (χ1n) is 6.08. The van der Waals surface area contributed by atoms with E-state index >= 15 is 0 Å². The Morgan fingerprint density at radius 2 is 2.50 bits per heavy atom. The van der Waals surface area contributed by atoms with E-state index < -0.39 is 0 Å². The lowest BCUT2D eigenvalue weighted by atomic mass is 10.0. The van der Waals surface area contributed by atoms with Crippen LogP contribution in [0, 0.1) is 5.92 Å². The maximum Gasteiger partial charge on any atom is 0.0794 e. The molecule has 16 heavy (non-hydrogen) atoms. The molecule has 0 spiro atoms. The van der Waals surface area contributed by atoms with Crippen molar-refractivity contribution in [1.29, 1.82) is 0 Å². The van der Waals surface area contributed by atoms with E-state index in [1.807, 2.05) is 5.51 Å². The van der Waals surface area contributed by atoms with E-state index in [9.17, 15) is 0 Å². The summed E-state index contributed by atoms with van der Waals surface area (Å²) < 4.78 is 0. The molecule has 0 amide bonds. The largest absolute Gasteiger partial charge is 0.311 e. The normalized spacial score (nSPS) is 22.8. The van der Waals surface area contributed by atoms with Crippen molar-refractivity contribution < 1.29 is 0 Å². The van der Waals surface area contributed by atoms with E-state index in [0.717, 1.165) is 25.4 Å². The number of nitrogens with one attached hydrogen (secondary N) is 1. The third-order valence-electron chi connectivity index (χ3n) is 3.26. The third-order valence-corrected chi connectivity index (χ3v) is 3.90. The van der Waals surface area contributed by atoms with Crippen LogP contribution in [-0.4, -0.2) is 42.1 Å². The molecule has 0 aromatic carbocycles. The Kier molecular flexibility index (Phi) is 4.32. The summed E-state index contributed by atoms with van der Waals surface area (Å²) >= 11 is 1.69. The number of hydrogen-bond acceptors (Lipinski definition) is 4. The molecular formula is C12H21N3S. The second-order valence-electron chi connectivity index (χ2n) is 4.84. The van der Waals surface area contributed by atoms with Gasteiger partial charge in [0.2, 0.25) is 0 Å². The summed E-state index contributed by atoms with van der Waals surface area (Å²) in [5.74, 6) is 0.724. The molecule has 3 nitrogen and oxygen atoms in total. The van der Waals surface area contributed by atoms with Gasteiger partial charge in [-0.3, -0.25) is 0 Å². The van der Waals surface area contributed by atoms with Crippen molar-refractivity contribution in [2.75, 3.05) is 26.2 Å². The van der Waals surface area contributed by atoms with Crippen molar-refractivity contribution in [3.63, 3.8) is 0 Å². The zero-order valence-corrected chi connectivity index (χ0v) is 11.0. The maximum absolute atomic E-state index is 4.33.